The van der Waals surface area contributed by atoms with Crippen LogP contribution in [0.1, 0.15) is 82.3 Å². The Hall–Kier alpha value is -6.43. The van der Waals surface area contributed by atoms with E-state index >= 15 is 0 Å². The number of fused-ring (bicyclic) bond motifs is 4. The lowest BCUT2D eigenvalue weighted by Crippen LogP contribution is -2.46. The molecule has 3 aliphatic heterocycles. The molecule has 0 aromatic heterocycles. The average Bonchev–Trinajstić information content (AvgIpc) is 3.22. The number of aryl methyl sites for hydroxylation is 2. The van der Waals surface area contributed by atoms with Crippen molar-refractivity contribution in [1.82, 2.24) is 20.9 Å². The summed E-state index contributed by atoms with van der Waals surface area (Å²) in [7, 11) is 2.21. The maximum absolute atomic E-state index is 5.52. The van der Waals surface area contributed by atoms with Crippen LogP contribution in [0.4, 0.5) is 0 Å². The Bertz CT molecular complexity index is 2940. The van der Waals surface area contributed by atoms with E-state index in [0.717, 1.165) is 28.4 Å². The fourth-order valence-electron chi connectivity index (χ4n) is 9.09. The Labute approximate surface area is 334 Å². The van der Waals surface area contributed by atoms with Crippen molar-refractivity contribution in [3.05, 3.63) is 206 Å². The van der Waals surface area contributed by atoms with Crippen molar-refractivity contribution in [2.75, 3.05) is 7.05 Å². The quantitative estimate of drug-likeness (QED) is 0.165. The summed E-state index contributed by atoms with van der Waals surface area (Å²) >= 11 is 0. The lowest BCUT2D eigenvalue weighted by Gasteiger charge is -2.40. The molecule has 3 heterocycles. The van der Waals surface area contributed by atoms with Gasteiger partial charge in [-0.2, -0.15) is 0 Å². The molecule has 0 radical (unpaired) electrons. The Morgan fingerprint density at radius 3 is 2.09 bits per heavy atom. The van der Waals surface area contributed by atoms with Gasteiger partial charge in [-0.15, -0.1) is 0 Å². The summed E-state index contributed by atoms with van der Waals surface area (Å²) in [5.41, 5.74) is 13.2. The van der Waals surface area contributed by atoms with Gasteiger partial charge in [-0.1, -0.05) is 126 Å². The molecule has 0 amide bonds. The first-order valence-electron chi connectivity index (χ1n) is 20.1. The zero-order valence-corrected chi connectivity index (χ0v) is 33.1. The standard InChI is InChI=1S/C52H47N5/c1-31-14-16-37-26-41(20-18-35(37)22-31)50-55-51(42-21-19-36-23-32(2)15-17-38(36)27-42)57(5)52(56-50)45-29-43(48-46-12-8-6-10-39(46)24-33(3)53-48)28-44(30-45)49-47-13-9-7-11-40(47)25-34(4)54-49/h6-30,33,49,51-54H,1-5H3,(H,55,56). The predicted molar refractivity (Wildman–Crippen MR) is 237 cm³/mol. The Morgan fingerprint density at radius 2 is 1.26 bits per heavy atom. The summed E-state index contributed by atoms with van der Waals surface area (Å²) in [5.74, 6) is 0.887. The first kappa shape index (κ1) is 35.0. The van der Waals surface area contributed by atoms with Gasteiger partial charge in [0, 0.05) is 28.2 Å². The summed E-state index contributed by atoms with van der Waals surface area (Å²) in [4.78, 5) is 7.91. The maximum atomic E-state index is 5.52. The minimum atomic E-state index is -0.229. The number of aliphatic imine (C=N–C) groups is 1. The van der Waals surface area contributed by atoms with E-state index in [2.05, 4.69) is 207 Å². The molecule has 57 heavy (non-hydrogen) atoms. The van der Waals surface area contributed by atoms with Crippen molar-refractivity contribution in [3.63, 3.8) is 0 Å². The van der Waals surface area contributed by atoms with Gasteiger partial charge in [0.25, 0.3) is 0 Å². The van der Waals surface area contributed by atoms with Crippen LogP contribution in [0, 0.1) is 13.8 Å². The van der Waals surface area contributed by atoms with Gasteiger partial charge in [0.2, 0.25) is 0 Å². The normalized spacial score (nSPS) is 20.3. The van der Waals surface area contributed by atoms with Crippen molar-refractivity contribution >= 4 is 45.2 Å². The fourth-order valence-corrected chi connectivity index (χ4v) is 9.09. The van der Waals surface area contributed by atoms with E-state index in [9.17, 15) is 0 Å². The van der Waals surface area contributed by atoms with Crippen LogP contribution >= 0.6 is 0 Å². The molecule has 5 nitrogen and oxygen atoms in total. The van der Waals surface area contributed by atoms with Crippen LogP contribution < -0.4 is 26.4 Å². The number of nitrogens with zero attached hydrogens (tertiary/aromatic N) is 2. The second-order valence-corrected chi connectivity index (χ2v) is 16.2. The van der Waals surface area contributed by atoms with E-state index in [1.807, 2.05) is 0 Å². The van der Waals surface area contributed by atoms with Gasteiger partial charge in [0.05, 0.1) is 6.04 Å². The lowest BCUT2D eigenvalue weighted by atomic mass is 9.88. The van der Waals surface area contributed by atoms with Gasteiger partial charge in [-0.25, -0.2) is 4.99 Å². The van der Waals surface area contributed by atoms with Crippen molar-refractivity contribution in [3.8, 4) is 0 Å². The summed E-state index contributed by atoms with van der Waals surface area (Å²) in [5, 5.41) is 19.1. The Balaban J connectivity index is 1.17. The molecule has 280 valence electrons. The Kier molecular flexibility index (Phi) is 8.57. The number of rotatable bonds is 5. The highest BCUT2D eigenvalue weighted by Crippen LogP contribution is 2.38. The minimum absolute atomic E-state index is 0.0148. The van der Waals surface area contributed by atoms with Crippen molar-refractivity contribution in [2.24, 2.45) is 4.99 Å². The van der Waals surface area contributed by atoms with E-state index in [-0.39, 0.29) is 24.4 Å². The average molecular weight is 742 g/mol. The van der Waals surface area contributed by atoms with Crippen LogP contribution in [-0.2, 0) is 0 Å². The fraction of sp³-hybridized carbons (Fsp3) is 0.173. The molecule has 4 atom stereocenters. The van der Waals surface area contributed by atoms with E-state index < -0.39 is 0 Å². The molecule has 0 saturated carbocycles. The number of hydrogen-bond donors (Lipinski definition) is 3. The molecule has 5 heteroatoms. The highest BCUT2D eigenvalue weighted by molar-refractivity contribution is 6.03. The molecule has 0 spiro atoms. The zero-order chi connectivity index (χ0) is 38.8. The van der Waals surface area contributed by atoms with Crippen molar-refractivity contribution in [2.45, 2.75) is 52.1 Å². The summed E-state index contributed by atoms with van der Waals surface area (Å²) in [6.45, 7) is 8.70. The molecular weight excluding hydrogens is 695 g/mol. The lowest BCUT2D eigenvalue weighted by molar-refractivity contribution is 0.152. The summed E-state index contributed by atoms with van der Waals surface area (Å²) < 4.78 is 0. The third-order valence-corrected chi connectivity index (χ3v) is 11.9. The van der Waals surface area contributed by atoms with E-state index in [1.54, 1.807) is 0 Å². The summed E-state index contributed by atoms with van der Waals surface area (Å²) in [6.07, 6.45) is 4.15. The van der Waals surface area contributed by atoms with Gasteiger partial charge in [-0.05, 0) is 131 Å². The topological polar surface area (TPSA) is 51.7 Å². The van der Waals surface area contributed by atoms with Crippen LogP contribution in [0.25, 0.3) is 39.4 Å². The minimum Gasteiger partial charge on any atom is -0.378 e. The maximum Gasteiger partial charge on any atom is 0.132 e. The molecule has 0 bridgehead atoms. The molecule has 0 saturated heterocycles. The molecule has 3 aliphatic rings. The first-order chi connectivity index (χ1) is 27.7. The number of hydrogen-bond acceptors (Lipinski definition) is 5. The first-order valence-corrected chi connectivity index (χ1v) is 20.1. The molecule has 10 rings (SSSR count). The summed E-state index contributed by atoms with van der Waals surface area (Å²) in [6, 6.07) is 51.7. The van der Waals surface area contributed by atoms with Gasteiger partial charge in [0.15, 0.2) is 0 Å². The third-order valence-electron chi connectivity index (χ3n) is 11.9. The molecule has 0 fully saturated rings. The highest BCUT2D eigenvalue weighted by Gasteiger charge is 2.33. The van der Waals surface area contributed by atoms with Crippen LogP contribution in [0.5, 0.6) is 0 Å². The SMILES string of the molecule is CC1=Cc2ccccc2C(c2cc(C3=c4ccccc4=CC(C)N3)cc(C3NC(c4ccc5cc(C)ccc5c4)=NC(c4ccc5cc(C)ccc5c4)N3C)c2)N1. The molecule has 3 N–H and O–H groups in total. The van der Waals surface area contributed by atoms with Gasteiger partial charge >= 0.3 is 0 Å². The van der Waals surface area contributed by atoms with Gasteiger partial charge < -0.3 is 16.0 Å². The predicted octanol–water partition coefficient (Wildman–Crippen LogP) is 9.27. The van der Waals surface area contributed by atoms with Crippen molar-refractivity contribution < 1.29 is 0 Å². The zero-order valence-electron chi connectivity index (χ0n) is 33.1. The van der Waals surface area contributed by atoms with E-state index in [4.69, 9.17) is 4.99 Å². The van der Waals surface area contributed by atoms with Gasteiger partial charge in [0.1, 0.15) is 18.2 Å². The van der Waals surface area contributed by atoms with Crippen LogP contribution in [-0.4, -0.2) is 23.8 Å². The monoisotopic (exact) mass is 741 g/mol. The van der Waals surface area contributed by atoms with Gasteiger partial charge in [-0.3, -0.25) is 4.90 Å². The van der Waals surface area contributed by atoms with E-state index in [1.165, 1.54) is 70.9 Å². The number of allylic oxidation sites excluding steroid dienone is 1. The second kappa shape index (κ2) is 13.9. The smallest absolute Gasteiger partial charge is 0.132 e. The largest absolute Gasteiger partial charge is 0.378 e. The Morgan fingerprint density at radius 1 is 0.579 bits per heavy atom. The second-order valence-electron chi connectivity index (χ2n) is 16.2. The van der Waals surface area contributed by atoms with Crippen LogP contribution in [0.2, 0.25) is 0 Å². The number of amidine groups is 1. The molecule has 4 unspecified atom stereocenters. The highest BCUT2D eigenvalue weighted by atomic mass is 15.4. The number of benzene rings is 7. The number of nitrogens with one attached hydrogen (secondary N) is 3. The van der Waals surface area contributed by atoms with Crippen LogP contribution in [0.3, 0.4) is 0 Å². The molecule has 7 aromatic carbocycles. The van der Waals surface area contributed by atoms with E-state index in [0.29, 0.717) is 0 Å². The van der Waals surface area contributed by atoms with Crippen LogP contribution in [0.15, 0.2) is 150 Å². The van der Waals surface area contributed by atoms with Crippen molar-refractivity contribution in [1.29, 1.82) is 0 Å². The molecule has 7 aromatic rings. The molecule has 0 aliphatic carbocycles. The third kappa shape index (κ3) is 6.48. The molecular formula is C52H47N5.